The van der Waals surface area contributed by atoms with E-state index in [9.17, 15) is 9.59 Å². The predicted octanol–water partition coefficient (Wildman–Crippen LogP) is 0.629. The second-order valence-corrected chi connectivity index (χ2v) is 3.23. The molecule has 0 saturated carbocycles. The van der Waals surface area contributed by atoms with Crippen LogP contribution in [-0.2, 0) is 11.3 Å². The van der Waals surface area contributed by atoms with Crippen LogP contribution in [0.2, 0.25) is 0 Å². The van der Waals surface area contributed by atoms with Gasteiger partial charge in [-0.25, -0.2) is 0 Å². The van der Waals surface area contributed by atoms with Crippen LogP contribution < -0.4 is 10.2 Å². The second-order valence-electron chi connectivity index (χ2n) is 2.39. The Labute approximate surface area is 79.3 Å². The molecule has 5 heteroatoms. The third-order valence-corrected chi connectivity index (χ3v) is 2.06. The first-order valence-corrected chi connectivity index (χ1v) is 4.67. The van der Waals surface area contributed by atoms with Gasteiger partial charge in [-0.15, -0.1) is 0 Å². The fourth-order valence-electron chi connectivity index (χ4n) is 0.793. The summed E-state index contributed by atoms with van der Waals surface area (Å²) in [6.45, 7) is 2.13. The number of thiazole rings is 1. The molecule has 1 aromatic rings. The van der Waals surface area contributed by atoms with Gasteiger partial charge < -0.3 is 10.3 Å². The number of hydrogen-bond donors (Lipinski definition) is 2. The van der Waals surface area contributed by atoms with Gasteiger partial charge in [-0.2, -0.15) is 0 Å². The number of hydrogen-bond acceptors (Lipinski definition) is 3. The summed E-state index contributed by atoms with van der Waals surface area (Å²) in [7, 11) is 0. The molecule has 1 aromatic heterocycles. The molecule has 0 atom stereocenters. The van der Waals surface area contributed by atoms with Crippen LogP contribution in [0, 0.1) is 0 Å². The van der Waals surface area contributed by atoms with Crippen molar-refractivity contribution in [2.75, 3.05) is 0 Å². The number of aromatic nitrogens is 1. The Morgan fingerprint density at radius 3 is 3.08 bits per heavy atom. The SMILES string of the molecule is C/C=C/C(=O)NCc1csc(=O)[nH]1. The highest BCUT2D eigenvalue weighted by Crippen LogP contribution is 1.94. The molecule has 1 amide bonds. The lowest BCUT2D eigenvalue weighted by molar-refractivity contribution is -0.116. The Hall–Kier alpha value is -1.36. The Balaban J connectivity index is 2.43. The first-order valence-electron chi connectivity index (χ1n) is 3.79. The lowest BCUT2D eigenvalue weighted by Crippen LogP contribution is -2.20. The molecule has 0 spiro atoms. The van der Waals surface area contributed by atoms with Crippen molar-refractivity contribution in [2.45, 2.75) is 13.5 Å². The zero-order valence-corrected chi connectivity index (χ0v) is 7.98. The lowest BCUT2D eigenvalue weighted by Gasteiger charge is -1.97. The predicted molar refractivity (Wildman–Crippen MR) is 51.6 cm³/mol. The van der Waals surface area contributed by atoms with Gasteiger partial charge in [0.25, 0.3) is 0 Å². The topological polar surface area (TPSA) is 62.0 Å². The molecule has 0 aliphatic rings. The number of nitrogens with one attached hydrogen (secondary N) is 2. The number of amides is 1. The van der Waals surface area contributed by atoms with Crippen LogP contribution in [0.5, 0.6) is 0 Å². The van der Waals surface area contributed by atoms with Crippen molar-refractivity contribution in [1.29, 1.82) is 0 Å². The summed E-state index contributed by atoms with van der Waals surface area (Å²) in [6, 6.07) is 0. The minimum atomic E-state index is -0.158. The van der Waals surface area contributed by atoms with Gasteiger partial charge in [0.2, 0.25) is 5.91 Å². The fourth-order valence-corrected chi connectivity index (χ4v) is 1.37. The third-order valence-electron chi connectivity index (χ3n) is 1.34. The Morgan fingerprint density at radius 2 is 2.54 bits per heavy atom. The van der Waals surface area contributed by atoms with Gasteiger partial charge in [0, 0.05) is 11.1 Å². The van der Waals surface area contributed by atoms with E-state index in [2.05, 4.69) is 10.3 Å². The van der Waals surface area contributed by atoms with Crippen molar-refractivity contribution in [3.05, 3.63) is 32.9 Å². The summed E-state index contributed by atoms with van der Waals surface area (Å²) >= 11 is 1.09. The first-order chi connectivity index (χ1) is 6.22. The van der Waals surface area contributed by atoms with Crippen molar-refractivity contribution in [3.63, 3.8) is 0 Å². The maximum Gasteiger partial charge on any atom is 0.304 e. The van der Waals surface area contributed by atoms with E-state index in [-0.39, 0.29) is 10.8 Å². The number of carbonyl (C=O) groups excluding carboxylic acids is 1. The Morgan fingerprint density at radius 1 is 1.77 bits per heavy atom. The molecule has 0 aliphatic heterocycles. The molecule has 0 aliphatic carbocycles. The summed E-state index contributed by atoms with van der Waals surface area (Å²) in [5, 5.41) is 4.32. The van der Waals surface area contributed by atoms with E-state index in [1.807, 2.05) is 0 Å². The van der Waals surface area contributed by atoms with E-state index in [0.29, 0.717) is 6.54 Å². The van der Waals surface area contributed by atoms with Gasteiger partial charge in [-0.3, -0.25) is 9.59 Å². The Bertz CT molecular complexity index is 364. The highest BCUT2D eigenvalue weighted by molar-refractivity contribution is 7.07. The maximum absolute atomic E-state index is 10.9. The molecule has 4 nitrogen and oxygen atoms in total. The highest BCUT2D eigenvalue weighted by Gasteiger charge is 1.97. The van der Waals surface area contributed by atoms with Gasteiger partial charge in [0.1, 0.15) is 0 Å². The molecule has 1 rings (SSSR count). The van der Waals surface area contributed by atoms with Crippen molar-refractivity contribution in [2.24, 2.45) is 0 Å². The molecular formula is C8H10N2O2S. The molecule has 13 heavy (non-hydrogen) atoms. The molecule has 1 heterocycles. The van der Waals surface area contributed by atoms with Gasteiger partial charge in [-0.1, -0.05) is 17.4 Å². The summed E-state index contributed by atoms with van der Waals surface area (Å²) in [5.41, 5.74) is 0.729. The zero-order chi connectivity index (χ0) is 9.68. The molecule has 2 N–H and O–H groups in total. The second kappa shape index (κ2) is 4.61. The van der Waals surface area contributed by atoms with Gasteiger partial charge in [0.05, 0.1) is 6.54 Å². The van der Waals surface area contributed by atoms with E-state index in [1.54, 1.807) is 18.4 Å². The summed E-state index contributed by atoms with van der Waals surface area (Å²) in [5.74, 6) is -0.158. The minimum Gasteiger partial charge on any atom is -0.347 e. The fraction of sp³-hybridized carbons (Fsp3) is 0.250. The number of rotatable bonds is 3. The molecule has 70 valence electrons. The largest absolute Gasteiger partial charge is 0.347 e. The van der Waals surface area contributed by atoms with Crippen LogP contribution in [0.3, 0.4) is 0 Å². The maximum atomic E-state index is 10.9. The number of allylic oxidation sites excluding steroid dienone is 1. The van der Waals surface area contributed by atoms with Crippen molar-refractivity contribution in [1.82, 2.24) is 10.3 Å². The smallest absolute Gasteiger partial charge is 0.304 e. The lowest BCUT2D eigenvalue weighted by atomic mass is 10.4. The van der Waals surface area contributed by atoms with Crippen LogP contribution >= 0.6 is 11.3 Å². The molecule has 0 radical (unpaired) electrons. The minimum absolute atomic E-state index is 0.102. The third kappa shape index (κ3) is 3.25. The van der Waals surface area contributed by atoms with E-state index in [4.69, 9.17) is 0 Å². The first kappa shape index (κ1) is 9.73. The molecule has 0 bridgehead atoms. The molecular weight excluding hydrogens is 188 g/mol. The van der Waals surface area contributed by atoms with Gasteiger partial charge in [0.15, 0.2) is 0 Å². The van der Waals surface area contributed by atoms with Crippen LogP contribution in [-0.4, -0.2) is 10.9 Å². The molecule has 0 unspecified atom stereocenters. The van der Waals surface area contributed by atoms with Crippen LogP contribution in [0.25, 0.3) is 0 Å². The molecule has 0 fully saturated rings. The van der Waals surface area contributed by atoms with Gasteiger partial charge in [-0.05, 0) is 13.0 Å². The monoisotopic (exact) mass is 198 g/mol. The van der Waals surface area contributed by atoms with Crippen LogP contribution in [0.15, 0.2) is 22.3 Å². The van der Waals surface area contributed by atoms with E-state index in [1.165, 1.54) is 6.08 Å². The average Bonchev–Trinajstić information content (AvgIpc) is 2.49. The number of carbonyl (C=O) groups is 1. The van der Waals surface area contributed by atoms with E-state index in [0.717, 1.165) is 17.0 Å². The number of aromatic amines is 1. The van der Waals surface area contributed by atoms with Crippen LogP contribution in [0.1, 0.15) is 12.6 Å². The summed E-state index contributed by atoms with van der Waals surface area (Å²) in [4.78, 5) is 24.1. The van der Waals surface area contributed by atoms with Crippen molar-refractivity contribution >= 4 is 17.2 Å². The average molecular weight is 198 g/mol. The van der Waals surface area contributed by atoms with Crippen molar-refractivity contribution in [3.8, 4) is 0 Å². The number of H-pyrrole nitrogens is 1. The Kier molecular flexibility index (Phi) is 3.45. The normalized spacial score (nSPS) is 10.5. The highest BCUT2D eigenvalue weighted by atomic mass is 32.1. The quantitative estimate of drug-likeness (QED) is 0.700. The van der Waals surface area contributed by atoms with Gasteiger partial charge >= 0.3 is 4.87 Å². The summed E-state index contributed by atoms with van der Waals surface area (Å²) in [6.07, 6.45) is 3.09. The molecule has 0 aromatic carbocycles. The van der Waals surface area contributed by atoms with E-state index < -0.39 is 0 Å². The zero-order valence-electron chi connectivity index (χ0n) is 7.16. The van der Waals surface area contributed by atoms with Crippen molar-refractivity contribution < 1.29 is 4.79 Å². The van der Waals surface area contributed by atoms with E-state index >= 15 is 0 Å². The van der Waals surface area contributed by atoms with Crippen LogP contribution in [0.4, 0.5) is 0 Å². The summed E-state index contributed by atoms with van der Waals surface area (Å²) < 4.78 is 0. The molecule has 0 saturated heterocycles. The standard InChI is InChI=1S/C8H10N2O2S/c1-2-3-7(11)9-4-6-5-13-8(12)10-6/h2-3,5H,4H2,1H3,(H,9,11)(H,10,12)/b3-2+.